The molecule has 1 fully saturated rings. The zero-order valence-corrected chi connectivity index (χ0v) is 23.3. The molecule has 3 heterocycles. The van der Waals surface area contributed by atoms with Crippen LogP contribution in [-0.2, 0) is 29.0 Å². The molecule has 8 nitrogen and oxygen atoms in total. The molecule has 6 rings (SSSR count). The van der Waals surface area contributed by atoms with Crippen LogP contribution in [0.5, 0.6) is 5.75 Å². The van der Waals surface area contributed by atoms with E-state index in [-0.39, 0.29) is 12.5 Å². The van der Waals surface area contributed by atoms with Gasteiger partial charge in [0.2, 0.25) is 0 Å². The van der Waals surface area contributed by atoms with E-state index >= 15 is 0 Å². The van der Waals surface area contributed by atoms with Crippen LogP contribution in [0.4, 0.5) is 5.69 Å². The van der Waals surface area contributed by atoms with Crippen molar-refractivity contribution in [1.29, 1.82) is 0 Å². The van der Waals surface area contributed by atoms with Crippen molar-refractivity contribution in [3.63, 3.8) is 0 Å². The fourth-order valence-electron chi connectivity index (χ4n) is 5.75. The molecule has 0 saturated carbocycles. The van der Waals surface area contributed by atoms with Gasteiger partial charge < -0.3 is 19.3 Å². The third-order valence-electron chi connectivity index (χ3n) is 7.98. The van der Waals surface area contributed by atoms with Crippen molar-refractivity contribution in [3.8, 4) is 5.75 Å². The van der Waals surface area contributed by atoms with E-state index in [2.05, 4.69) is 21.9 Å². The Kier molecular flexibility index (Phi) is 7.82. The number of benzene rings is 3. The van der Waals surface area contributed by atoms with Crippen LogP contribution >= 0.6 is 0 Å². The summed E-state index contributed by atoms with van der Waals surface area (Å²) < 4.78 is 11.0. The van der Waals surface area contributed by atoms with E-state index in [1.807, 2.05) is 66.7 Å². The average molecular weight is 551 g/mol. The Balaban J connectivity index is 1.13. The number of nitrogens with zero attached hydrogens (tertiary/aromatic N) is 4. The molecular formula is C33H34N4O4. The number of anilines is 1. The van der Waals surface area contributed by atoms with Crippen molar-refractivity contribution >= 4 is 28.5 Å². The van der Waals surface area contributed by atoms with Crippen LogP contribution < -0.4 is 9.64 Å². The number of fused-ring (bicyclic) bond motifs is 2. The van der Waals surface area contributed by atoms with Gasteiger partial charge in [-0.15, -0.1) is 0 Å². The number of hydrogen-bond acceptors (Lipinski definition) is 7. The van der Waals surface area contributed by atoms with Crippen LogP contribution in [0.1, 0.15) is 27.2 Å². The lowest BCUT2D eigenvalue weighted by molar-refractivity contribution is -0.134. The first kappa shape index (κ1) is 26.8. The second kappa shape index (κ2) is 12.0. The first-order valence-corrected chi connectivity index (χ1v) is 14.1. The highest BCUT2D eigenvalue weighted by molar-refractivity contribution is 6.05. The predicted molar refractivity (Wildman–Crippen MR) is 158 cm³/mol. The SMILES string of the molecule is COc1ccc(N2CCN(C(=O)COC(=O)c3c4c(nc5ccccc35)CCN(Cc3ccccc3)C4)CC2)cc1. The van der Waals surface area contributed by atoms with Crippen LogP contribution in [0.15, 0.2) is 78.9 Å². The van der Waals surface area contributed by atoms with Crippen LogP contribution in [0.2, 0.25) is 0 Å². The number of carbonyl (C=O) groups is 2. The molecular weight excluding hydrogens is 516 g/mol. The molecule has 8 heteroatoms. The van der Waals surface area contributed by atoms with E-state index in [4.69, 9.17) is 14.5 Å². The van der Waals surface area contributed by atoms with E-state index in [0.717, 1.165) is 53.1 Å². The summed E-state index contributed by atoms with van der Waals surface area (Å²) in [6.07, 6.45) is 0.755. The molecule has 0 aliphatic carbocycles. The van der Waals surface area contributed by atoms with Crippen molar-refractivity contribution in [1.82, 2.24) is 14.8 Å². The van der Waals surface area contributed by atoms with Crippen LogP contribution in [0, 0.1) is 0 Å². The molecule has 0 N–H and O–H groups in total. The van der Waals surface area contributed by atoms with Crippen molar-refractivity contribution in [2.75, 3.05) is 51.3 Å². The maximum Gasteiger partial charge on any atom is 0.339 e. The highest BCUT2D eigenvalue weighted by Gasteiger charge is 2.28. The number of amides is 1. The Morgan fingerprint density at radius 2 is 1.59 bits per heavy atom. The van der Waals surface area contributed by atoms with Crippen LogP contribution in [-0.4, -0.2) is 73.1 Å². The molecule has 2 aliphatic rings. The van der Waals surface area contributed by atoms with E-state index in [1.165, 1.54) is 5.56 Å². The van der Waals surface area contributed by atoms with Gasteiger partial charge in [0.25, 0.3) is 5.91 Å². The molecule has 41 heavy (non-hydrogen) atoms. The number of piperazine rings is 1. The van der Waals surface area contributed by atoms with Gasteiger partial charge in [0.05, 0.1) is 18.2 Å². The smallest absolute Gasteiger partial charge is 0.339 e. The lowest BCUT2D eigenvalue weighted by atomic mass is 9.95. The number of carbonyl (C=O) groups excluding carboxylic acids is 2. The molecule has 1 saturated heterocycles. The number of para-hydroxylation sites is 1. The molecule has 4 aromatic rings. The van der Waals surface area contributed by atoms with E-state index in [9.17, 15) is 9.59 Å². The number of rotatable bonds is 7. The second-order valence-electron chi connectivity index (χ2n) is 10.5. The topological polar surface area (TPSA) is 75.2 Å². The second-order valence-corrected chi connectivity index (χ2v) is 10.5. The van der Waals surface area contributed by atoms with Gasteiger partial charge in [-0.1, -0.05) is 48.5 Å². The van der Waals surface area contributed by atoms with Crippen molar-refractivity contribution in [3.05, 3.63) is 101 Å². The zero-order chi connectivity index (χ0) is 28.2. The van der Waals surface area contributed by atoms with E-state index in [0.29, 0.717) is 38.3 Å². The molecule has 3 aromatic carbocycles. The number of aromatic nitrogens is 1. The lowest BCUT2D eigenvalue weighted by Gasteiger charge is -2.36. The lowest BCUT2D eigenvalue weighted by Crippen LogP contribution is -2.49. The van der Waals surface area contributed by atoms with E-state index < -0.39 is 5.97 Å². The van der Waals surface area contributed by atoms with Crippen molar-refractivity contribution in [2.45, 2.75) is 19.5 Å². The van der Waals surface area contributed by atoms with Crippen LogP contribution in [0.3, 0.4) is 0 Å². The summed E-state index contributed by atoms with van der Waals surface area (Å²) in [6.45, 7) is 4.56. The van der Waals surface area contributed by atoms with Gasteiger partial charge in [0.15, 0.2) is 6.61 Å². The molecule has 2 aliphatic heterocycles. The minimum Gasteiger partial charge on any atom is -0.497 e. The summed E-state index contributed by atoms with van der Waals surface area (Å²) in [5, 5.41) is 0.762. The van der Waals surface area contributed by atoms with Crippen molar-refractivity contribution in [2.24, 2.45) is 0 Å². The summed E-state index contributed by atoms with van der Waals surface area (Å²) >= 11 is 0. The molecule has 1 amide bonds. The number of hydrogen-bond donors (Lipinski definition) is 0. The molecule has 1 aromatic heterocycles. The summed E-state index contributed by atoms with van der Waals surface area (Å²) in [5.74, 6) is 0.175. The number of esters is 1. The maximum absolute atomic E-state index is 13.6. The largest absolute Gasteiger partial charge is 0.497 e. The van der Waals surface area contributed by atoms with Gasteiger partial charge in [-0.3, -0.25) is 14.7 Å². The van der Waals surface area contributed by atoms with Gasteiger partial charge >= 0.3 is 5.97 Å². The summed E-state index contributed by atoms with van der Waals surface area (Å²) in [5.41, 5.74) is 5.46. The van der Waals surface area contributed by atoms with Crippen LogP contribution in [0.25, 0.3) is 10.9 Å². The number of ether oxygens (including phenoxy) is 2. The monoisotopic (exact) mass is 550 g/mol. The fraction of sp³-hybridized carbons (Fsp3) is 0.303. The Morgan fingerprint density at radius 1 is 0.854 bits per heavy atom. The van der Waals surface area contributed by atoms with Gasteiger partial charge in [-0.25, -0.2) is 4.79 Å². The molecule has 0 unspecified atom stereocenters. The average Bonchev–Trinajstić information content (AvgIpc) is 3.03. The Bertz CT molecular complexity index is 1530. The summed E-state index contributed by atoms with van der Waals surface area (Å²) in [7, 11) is 1.65. The Labute approximate surface area is 240 Å². The third kappa shape index (κ3) is 5.88. The molecule has 0 spiro atoms. The van der Waals surface area contributed by atoms with Gasteiger partial charge in [-0.05, 0) is 35.9 Å². The standard InChI is InChI=1S/C33H34N4O4/c1-40-26-13-11-25(12-14-26)36-17-19-37(20-18-36)31(38)23-41-33(39)32-27-9-5-6-10-29(27)34-30-15-16-35(22-28(30)32)21-24-7-3-2-4-8-24/h2-14H,15-23H2,1H3. The highest BCUT2D eigenvalue weighted by atomic mass is 16.5. The normalized spacial score (nSPS) is 15.4. The quantitative estimate of drug-likeness (QED) is 0.318. The fourth-order valence-corrected chi connectivity index (χ4v) is 5.75. The molecule has 0 radical (unpaired) electrons. The first-order chi connectivity index (χ1) is 20.1. The molecule has 0 atom stereocenters. The first-order valence-electron chi connectivity index (χ1n) is 14.1. The molecule has 210 valence electrons. The van der Waals surface area contributed by atoms with Crippen molar-refractivity contribution < 1.29 is 19.1 Å². The highest BCUT2D eigenvalue weighted by Crippen LogP contribution is 2.29. The van der Waals surface area contributed by atoms with Gasteiger partial charge in [-0.2, -0.15) is 0 Å². The maximum atomic E-state index is 13.6. The number of pyridine rings is 1. The molecule has 0 bridgehead atoms. The minimum absolute atomic E-state index is 0.175. The Morgan fingerprint density at radius 3 is 2.34 bits per heavy atom. The predicted octanol–water partition coefficient (Wildman–Crippen LogP) is 4.31. The Hall–Kier alpha value is -4.43. The van der Waals surface area contributed by atoms with Gasteiger partial charge in [0.1, 0.15) is 5.75 Å². The van der Waals surface area contributed by atoms with E-state index in [1.54, 1.807) is 12.0 Å². The number of methoxy groups -OCH3 is 1. The summed E-state index contributed by atoms with van der Waals surface area (Å²) in [6, 6.07) is 25.9. The van der Waals surface area contributed by atoms with Gasteiger partial charge in [0, 0.05) is 74.6 Å². The third-order valence-corrected chi connectivity index (χ3v) is 7.98. The minimum atomic E-state index is -0.466. The zero-order valence-electron chi connectivity index (χ0n) is 23.3. The summed E-state index contributed by atoms with van der Waals surface area (Å²) in [4.78, 5) is 37.9.